The molecule has 3 aromatic carbocycles. The van der Waals surface area contributed by atoms with Crippen LogP contribution >= 0.6 is 0 Å². The molecule has 7 nitrogen and oxygen atoms in total. The lowest BCUT2D eigenvalue weighted by Crippen LogP contribution is -2.19. The van der Waals surface area contributed by atoms with Crippen LogP contribution in [0.2, 0.25) is 0 Å². The molecule has 162 valence electrons. The molecule has 0 aliphatic heterocycles. The highest BCUT2D eigenvalue weighted by atomic mass is 16.5. The van der Waals surface area contributed by atoms with Crippen LogP contribution in [0.3, 0.4) is 0 Å². The van der Waals surface area contributed by atoms with Crippen molar-refractivity contribution in [3.05, 3.63) is 90.5 Å². The van der Waals surface area contributed by atoms with Crippen LogP contribution in [-0.2, 0) is 0 Å². The van der Waals surface area contributed by atoms with E-state index in [2.05, 4.69) is 20.8 Å². The molecule has 7 heteroatoms. The molecule has 5 rings (SSSR count). The second-order valence-electron chi connectivity index (χ2n) is 7.69. The van der Waals surface area contributed by atoms with Gasteiger partial charge in [0, 0.05) is 22.5 Å². The van der Waals surface area contributed by atoms with E-state index < -0.39 is 0 Å². The number of nitrogens with zero attached hydrogens (tertiary/aromatic N) is 2. The lowest BCUT2D eigenvalue weighted by Gasteiger charge is -2.10. The van der Waals surface area contributed by atoms with E-state index in [4.69, 9.17) is 10.3 Å². The molecule has 4 N–H and O–H groups in total. The highest BCUT2D eigenvalue weighted by molar-refractivity contribution is 6.02. The van der Waals surface area contributed by atoms with Gasteiger partial charge in [0.05, 0.1) is 11.1 Å². The van der Waals surface area contributed by atoms with Gasteiger partial charge in [-0.2, -0.15) is 0 Å². The van der Waals surface area contributed by atoms with Gasteiger partial charge >= 0.3 is 6.03 Å². The minimum atomic E-state index is -0.312. The van der Waals surface area contributed by atoms with Gasteiger partial charge in [0.2, 0.25) is 11.5 Å². The van der Waals surface area contributed by atoms with Crippen molar-refractivity contribution >= 4 is 34.3 Å². The van der Waals surface area contributed by atoms with E-state index >= 15 is 0 Å². The fourth-order valence-electron chi connectivity index (χ4n) is 3.63. The summed E-state index contributed by atoms with van der Waals surface area (Å²) in [5.74, 6) is 0.215. The molecule has 0 fully saturated rings. The Balaban J connectivity index is 1.42. The monoisotopic (exact) mass is 435 g/mol. The van der Waals surface area contributed by atoms with Gasteiger partial charge in [0.25, 0.3) is 0 Å². The number of rotatable bonds is 4. The van der Waals surface area contributed by atoms with Crippen LogP contribution in [0.4, 0.5) is 22.1 Å². The van der Waals surface area contributed by atoms with Crippen molar-refractivity contribution < 1.29 is 9.32 Å². The zero-order valence-corrected chi connectivity index (χ0v) is 17.9. The van der Waals surface area contributed by atoms with E-state index in [1.54, 1.807) is 0 Å². The Bertz CT molecular complexity index is 1430. The number of hydrogen-bond donors (Lipinski definition) is 3. The van der Waals surface area contributed by atoms with E-state index in [0.717, 1.165) is 33.6 Å². The number of nitrogen functional groups attached to an aromatic ring is 1. The van der Waals surface area contributed by atoms with Crippen molar-refractivity contribution in [2.24, 2.45) is 0 Å². The number of nitrogens with two attached hydrogens (primary N) is 1. The topological polar surface area (TPSA) is 106 Å². The van der Waals surface area contributed by atoms with Crippen LogP contribution in [0, 0.1) is 6.92 Å². The molecule has 2 aromatic heterocycles. The highest BCUT2D eigenvalue weighted by Crippen LogP contribution is 2.35. The number of carbonyl (C=O) groups is 1. The maximum Gasteiger partial charge on any atom is 0.323 e. The average molecular weight is 435 g/mol. The number of pyridine rings is 1. The van der Waals surface area contributed by atoms with Gasteiger partial charge in [-0.3, -0.25) is 0 Å². The predicted molar refractivity (Wildman–Crippen MR) is 131 cm³/mol. The highest BCUT2D eigenvalue weighted by Gasteiger charge is 2.16. The molecule has 0 saturated carbocycles. The Kier molecular flexibility index (Phi) is 5.20. The Morgan fingerprint density at radius 1 is 0.848 bits per heavy atom. The molecule has 33 heavy (non-hydrogen) atoms. The standard InChI is InChI=1S/C26H21N5O2/c1-16-7-11-19(12-8-16)28-26(32)29-20-13-9-17(10-14-20)21-15-22(18-5-3-2-4-6-18)30-25-23(21)24(27)33-31-25/h2-15H,27H2,1H3,(H2,28,29,32). The normalized spacial score (nSPS) is 10.8. The first-order valence-corrected chi connectivity index (χ1v) is 10.4. The smallest absolute Gasteiger partial charge is 0.323 e. The van der Waals surface area contributed by atoms with E-state index in [9.17, 15) is 4.79 Å². The average Bonchev–Trinajstić information content (AvgIpc) is 3.22. The number of amides is 2. The summed E-state index contributed by atoms with van der Waals surface area (Å²) < 4.78 is 5.21. The third kappa shape index (κ3) is 4.24. The summed E-state index contributed by atoms with van der Waals surface area (Å²) in [4.78, 5) is 16.9. The Hall–Kier alpha value is -4.65. The quantitative estimate of drug-likeness (QED) is 0.317. The zero-order chi connectivity index (χ0) is 22.8. The maximum absolute atomic E-state index is 12.3. The molecule has 5 aromatic rings. The van der Waals surface area contributed by atoms with Crippen molar-refractivity contribution in [3.8, 4) is 22.4 Å². The van der Waals surface area contributed by atoms with Gasteiger partial charge in [-0.25, -0.2) is 9.78 Å². The zero-order valence-electron chi connectivity index (χ0n) is 17.9. The van der Waals surface area contributed by atoms with Crippen LogP contribution in [0.1, 0.15) is 5.56 Å². The number of carbonyl (C=O) groups excluding carboxylic acids is 1. The summed E-state index contributed by atoms with van der Waals surface area (Å²) in [7, 11) is 0. The molecular weight excluding hydrogens is 414 g/mol. The first-order chi connectivity index (χ1) is 16.1. The largest absolute Gasteiger partial charge is 0.367 e. The van der Waals surface area contributed by atoms with E-state index in [1.807, 2.05) is 91.9 Å². The van der Waals surface area contributed by atoms with Crippen molar-refractivity contribution in [1.82, 2.24) is 10.1 Å². The van der Waals surface area contributed by atoms with Gasteiger partial charge in [-0.05, 0) is 42.8 Å². The number of fused-ring (bicyclic) bond motifs is 1. The number of hydrogen-bond acceptors (Lipinski definition) is 5. The maximum atomic E-state index is 12.3. The number of aromatic nitrogens is 2. The fraction of sp³-hybridized carbons (Fsp3) is 0.0385. The molecule has 0 aliphatic carbocycles. The van der Waals surface area contributed by atoms with E-state index in [1.165, 1.54) is 0 Å². The number of urea groups is 1. The second-order valence-corrected chi connectivity index (χ2v) is 7.69. The van der Waals surface area contributed by atoms with Gasteiger partial charge in [0.15, 0.2) is 0 Å². The van der Waals surface area contributed by atoms with Crippen molar-refractivity contribution in [1.29, 1.82) is 0 Å². The molecule has 0 aliphatic rings. The van der Waals surface area contributed by atoms with Crippen LogP contribution < -0.4 is 16.4 Å². The molecule has 2 heterocycles. The fourth-order valence-corrected chi connectivity index (χ4v) is 3.63. The first kappa shape index (κ1) is 20.3. The van der Waals surface area contributed by atoms with Crippen LogP contribution in [0.25, 0.3) is 33.4 Å². The second kappa shape index (κ2) is 8.47. The molecule has 0 atom stereocenters. The lowest BCUT2D eigenvalue weighted by atomic mass is 10.00. The predicted octanol–water partition coefficient (Wildman–Crippen LogP) is 6.09. The van der Waals surface area contributed by atoms with Crippen molar-refractivity contribution in [2.45, 2.75) is 6.92 Å². The molecule has 0 saturated heterocycles. The molecule has 2 amide bonds. The van der Waals surface area contributed by atoms with Crippen LogP contribution in [0.5, 0.6) is 0 Å². The van der Waals surface area contributed by atoms with Crippen LogP contribution in [0.15, 0.2) is 89.5 Å². The van der Waals surface area contributed by atoms with E-state index in [0.29, 0.717) is 16.7 Å². The Morgan fingerprint density at radius 3 is 2.15 bits per heavy atom. The summed E-state index contributed by atoms with van der Waals surface area (Å²) in [5.41, 5.74) is 12.5. The van der Waals surface area contributed by atoms with Crippen molar-refractivity contribution in [3.63, 3.8) is 0 Å². The van der Waals surface area contributed by atoms with Gasteiger partial charge in [-0.1, -0.05) is 65.3 Å². The minimum Gasteiger partial charge on any atom is -0.367 e. The molecule has 0 radical (unpaired) electrons. The molecule has 0 bridgehead atoms. The summed E-state index contributed by atoms with van der Waals surface area (Å²) in [6.45, 7) is 2.00. The van der Waals surface area contributed by atoms with Crippen LogP contribution in [-0.4, -0.2) is 16.2 Å². The summed E-state index contributed by atoms with van der Waals surface area (Å²) in [6.07, 6.45) is 0. The third-order valence-electron chi connectivity index (χ3n) is 5.31. The first-order valence-electron chi connectivity index (χ1n) is 10.4. The Labute approximate surface area is 190 Å². The van der Waals surface area contributed by atoms with Crippen molar-refractivity contribution in [2.75, 3.05) is 16.4 Å². The van der Waals surface area contributed by atoms with E-state index in [-0.39, 0.29) is 11.9 Å². The summed E-state index contributed by atoms with van der Waals surface area (Å²) in [5, 5.41) is 10.3. The third-order valence-corrected chi connectivity index (χ3v) is 5.31. The van der Waals surface area contributed by atoms with Gasteiger partial charge < -0.3 is 20.9 Å². The number of nitrogens with one attached hydrogen (secondary N) is 2. The summed E-state index contributed by atoms with van der Waals surface area (Å²) in [6, 6.07) is 26.6. The molecule has 0 unspecified atom stereocenters. The Morgan fingerprint density at radius 2 is 1.48 bits per heavy atom. The number of anilines is 3. The molecule has 0 spiro atoms. The van der Waals surface area contributed by atoms with Gasteiger partial charge in [0.1, 0.15) is 0 Å². The van der Waals surface area contributed by atoms with Gasteiger partial charge in [-0.15, -0.1) is 0 Å². The minimum absolute atomic E-state index is 0.215. The summed E-state index contributed by atoms with van der Waals surface area (Å²) >= 11 is 0. The number of benzene rings is 3. The molecular formula is C26H21N5O2. The lowest BCUT2D eigenvalue weighted by molar-refractivity contribution is 0.262. The number of aryl methyl sites for hydroxylation is 1. The SMILES string of the molecule is Cc1ccc(NC(=O)Nc2ccc(-c3cc(-c4ccccc4)nc4noc(N)c34)cc2)cc1.